The molecule has 0 saturated heterocycles. The zero-order chi connectivity index (χ0) is 15.0. The second-order valence-electron chi connectivity index (χ2n) is 6.74. The van der Waals surface area contributed by atoms with E-state index in [1.807, 2.05) is 19.9 Å². The maximum atomic E-state index is 12.5. The van der Waals surface area contributed by atoms with Gasteiger partial charge in [-0.3, -0.25) is 14.4 Å². The molecule has 2 bridgehead atoms. The van der Waals surface area contributed by atoms with Gasteiger partial charge < -0.3 is 5.11 Å². The molecule has 1 fully saturated rings. The third kappa shape index (κ3) is 1.28. The average Bonchev–Trinajstić information content (AvgIpc) is 2.34. The molecule has 0 amide bonds. The minimum Gasteiger partial charge on any atom is -0.382 e. The van der Waals surface area contributed by atoms with Crippen molar-refractivity contribution < 1.29 is 19.5 Å². The minimum atomic E-state index is -1.57. The second-order valence-corrected chi connectivity index (χ2v) is 6.74. The molecular formula is C16H18O4. The van der Waals surface area contributed by atoms with Gasteiger partial charge >= 0.3 is 0 Å². The van der Waals surface area contributed by atoms with Crippen LogP contribution in [0.5, 0.6) is 0 Å². The molecule has 0 radical (unpaired) electrons. The van der Waals surface area contributed by atoms with E-state index in [1.54, 1.807) is 13.0 Å². The summed E-state index contributed by atoms with van der Waals surface area (Å²) in [5.41, 5.74) is -1.03. The third-order valence-electron chi connectivity index (χ3n) is 5.37. The summed E-state index contributed by atoms with van der Waals surface area (Å²) in [6.07, 6.45) is 3.61. The predicted octanol–water partition coefficient (Wildman–Crippen LogP) is 1.23. The fourth-order valence-corrected chi connectivity index (χ4v) is 4.44. The van der Waals surface area contributed by atoms with Crippen molar-refractivity contribution in [3.63, 3.8) is 0 Å². The zero-order valence-electron chi connectivity index (χ0n) is 12.1. The second kappa shape index (κ2) is 3.55. The Morgan fingerprint density at radius 2 is 1.70 bits per heavy atom. The van der Waals surface area contributed by atoms with Crippen LogP contribution in [0.3, 0.4) is 0 Å². The first-order valence-corrected chi connectivity index (χ1v) is 6.85. The number of allylic oxidation sites excluding steroid dienone is 3. The Bertz CT molecular complexity index is 622. The number of hydrogen-bond acceptors (Lipinski definition) is 4. The van der Waals surface area contributed by atoms with Crippen LogP contribution in [0.15, 0.2) is 23.3 Å². The Morgan fingerprint density at radius 1 is 1.10 bits per heavy atom. The molecule has 0 aromatic heterocycles. The third-order valence-corrected chi connectivity index (χ3v) is 5.37. The van der Waals surface area contributed by atoms with Crippen LogP contribution in [0.2, 0.25) is 0 Å². The van der Waals surface area contributed by atoms with Gasteiger partial charge in [0.1, 0.15) is 5.60 Å². The van der Waals surface area contributed by atoms with Crippen molar-refractivity contribution in [3.8, 4) is 0 Å². The van der Waals surface area contributed by atoms with Gasteiger partial charge in [0.25, 0.3) is 0 Å². The number of carbonyl (C=O) groups is 3. The molecule has 4 aliphatic carbocycles. The lowest BCUT2D eigenvalue weighted by Crippen LogP contribution is -2.67. The number of rotatable bonds is 0. The van der Waals surface area contributed by atoms with Gasteiger partial charge in [-0.2, -0.15) is 0 Å². The number of Topliss-reactive ketones (excluding diaryl/α,β-unsaturated/α-hetero) is 3. The van der Waals surface area contributed by atoms with Gasteiger partial charge in [0, 0.05) is 23.2 Å². The number of hydrogen-bond donors (Lipinski definition) is 1. The van der Waals surface area contributed by atoms with Gasteiger partial charge in [-0.05, 0) is 26.3 Å². The highest BCUT2D eigenvalue weighted by Crippen LogP contribution is 2.59. The number of ketones is 3. The maximum absolute atomic E-state index is 12.5. The lowest BCUT2D eigenvalue weighted by Gasteiger charge is -2.58. The van der Waals surface area contributed by atoms with Crippen molar-refractivity contribution in [1.29, 1.82) is 0 Å². The molecule has 0 aromatic carbocycles. The summed E-state index contributed by atoms with van der Waals surface area (Å²) >= 11 is 0. The van der Waals surface area contributed by atoms with Crippen LogP contribution in [-0.4, -0.2) is 28.1 Å². The highest BCUT2D eigenvalue weighted by Gasteiger charge is 2.66. The van der Waals surface area contributed by atoms with Crippen molar-refractivity contribution >= 4 is 17.3 Å². The van der Waals surface area contributed by atoms with Crippen LogP contribution in [0, 0.1) is 23.2 Å². The van der Waals surface area contributed by atoms with Gasteiger partial charge in [-0.1, -0.05) is 24.6 Å². The van der Waals surface area contributed by atoms with E-state index in [0.29, 0.717) is 5.57 Å². The van der Waals surface area contributed by atoms with E-state index < -0.39 is 40.3 Å². The smallest absolute Gasteiger partial charge is 0.224 e. The van der Waals surface area contributed by atoms with Crippen molar-refractivity contribution in [2.75, 3.05) is 0 Å². The largest absolute Gasteiger partial charge is 0.382 e. The minimum absolute atomic E-state index is 0.252. The highest BCUT2D eigenvalue weighted by molar-refractivity contribution is 6.45. The van der Waals surface area contributed by atoms with Crippen LogP contribution in [0.25, 0.3) is 0 Å². The Kier molecular flexibility index (Phi) is 2.39. The number of carbonyl (C=O) groups excluding carboxylic acids is 3. The molecule has 106 valence electrons. The highest BCUT2D eigenvalue weighted by atomic mass is 16.3. The number of aliphatic hydroxyl groups is 1. The van der Waals surface area contributed by atoms with Gasteiger partial charge in [0.15, 0.2) is 5.78 Å². The van der Waals surface area contributed by atoms with E-state index in [9.17, 15) is 19.5 Å². The summed E-state index contributed by atoms with van der Waals surface area (Å²) < 4.78 is 0. The summed E-state index contributed by atoms with van der Waals surface area (Å²) in [6, 6.07) is 0. The lowest BCUT2D eigenvalue weighted by atomic mass is 9.44. The summed E-state index contributed by atoms with van der Waals surface area (Å²) in [5, 5.41) is 10.6. The van der Waals surface area contributed by atoms with E-state index in [2.05, 4.69) is 0 Å². The first-order valence-electron chi connectivity index (χ1n) is 6.85. The van der Waals surface area contributed by atoms with E-state index in [0.717, 1.165) is 5.57 Å². The van der Waals surface area contributed by atoms with Crippen molar-refractivity contribution in [3.05, 3.63) is 23.3 Å². The Balaban J connectivity index is 2.30. The van der Waals surface area contributed by atoms with E-state index in [-0.39, 0.29) is 5.78 Å². The molecule has 4 heteroatoms. The Labute approximate surface area is 117 Å². The summed E-state index contributed by atoms with van der Waals surface area (Å²) in [5.74, 6) is -3.00. The summed E-state index contributed by atoms with van der Waals surface area (Å²) in [6.45, 7) is 6.75. The molecule has 0 aliphatic heterocycles. The topological polar surface area (TPSA) is 71.4 Å². The van der Waals surface area contributed by atoms with Crippen molar-refractivity contribution in [2.24, 2.45) is 23.2 Å². The molecule has 4 rings (SSSR count). The van der Waals surface area contributed by atoms with E-state index in [1.165, 1.54) is 6.92 Å². The van der Waals surface area contributed by atoms with Gasteiger partial charge in [0.2, 0.25) is 11.6 Å². The first-order chi connectivity index (χ1) is 9.12. The molecule has 0 aromatic rings. The monoisotopic (exact) mass is 274 g/mol. The SMILES string of the molecule is CC1=C[C@]2(C)[C@@H]3C=C(C)[C@@H]([C@H]2C(=O)C1=O)[C@](C)(O)C3=O. The van der Waals surface area contributed by atoms with Gasteiger partial charge in [0.05, 0.1) is 0 Å². The molecular weight excluding hydrogens is 256 g/mol. The molecule has 0 heterocycles. The average molecular weight is 274 g/mol. The van der Waals surface area contributed by atoms with Crippen molar-refractivity contribution in [1.82, 2.24) is 0 Å². The molecule has 1 N–H and O–H groups in total. The van der Waals surface area contributed by atoms with Crippen LogP contribution in [-0.2, 0) is 14.4 Å². The van der Waals surface area contributed by atoms with Gasteiger partial charge in [-0.15, -0.1) is 0 Å². The number of fused-ring (bicyclic) bond motifs is 1. The first kappa shape index (κ1) is 13.4. The van der Waals surface area contributed by atoms with Crippen molar-refractivity contribution in [2.45, 2.75) is 33.3 Å². The van der Waals surface area contributed by atoms with E-state index in [4.69, 9.17) is 0 Å². The normalized spacial score (nSPS) is 47.0. The molecule has 0 spiro atoms. The summed E-state index contributed by atoms with van der Waals surface area (Å²) in [7, 11) is 0. The molecule has 20 heavy (non-hydrogen) atoms. The molecule has 4 nitrogen and oxygen atoms in total. The zero-order valence-corrected chi connectivity index (χ0v) is 12.1. The fraction of sp³-hybridized carbons (Fsp3) is 0.562. The van der Waals surface area contributed by atoms with Gasteiger partial charge in [-0.25, -0.2) is 0 Å². The Morgan fingerprint density at radius 3 is 2.30 bits per heavy atom. The quantitative estimate of drug-likeness (QED) is 0.533. The summed E-state index contributed by atoms with van der Waals surface area (Å²) in [4.78, 5) is 36.9. The predicted molar refractivity (Wildman–Crippen MR) is 71.7 cm³/mol. The molecule has 4 aliphatic rings. The van der Waals surface area contributed by atoms with Crippen LogP contribution < -0.4 is 0 Å². The van der Waals surface area contributed by atoms with E-state index >= 15 is 0 Å². The lowest BCUT2D eigenvalue weighted by molar-refractivity contribution is -0.170. The van der Waals surface area contributed by atoms with Crippen LogP contribution >= 0.6 is 0 Å². The van der Waals surface area contributed by atoms with Crippen LogP contribution in [0.4, 0.5) is 0 Å². The molecule has 1 saturated carbocycles. The maximum Gasteiger partial charge on any atom is 0.224 e. The molecule has 0 unspecified atom stereocenters. The Hall–Kier alpha value is -1.55. The molecule has 5 atom stereocenters. The standard InChI is InChI=1S/C16H18O4/c1-7-5-9-14(19)16(4,20)10(7)11-13(18)12(17)8(2)6-15(9,11)3/h5-6,9-11,20H,1-4H3/t9-,10+,11+,15-,16+/m1/s1. The van der Waals surface area contributed by atoms with Crippen LogP contribution in [0.1, 0.15) is 27.7 Å². The fourth-order valence-electron chi connectivity index (χ4n) is 4.44.